The maximum absolute atomic E-state index is 11.8. The Kier molecular flexibility index (Phi) is 5.25. The lowest BCUT2D eigenvalue weighted by atomic mass is 10.2. The van der Waals surface area contributed by atoms with Gasteiger partial charge in [0.2, 0.25) is 10.0 Å². The molecule has 0 saturated heterocycles. The molecular weight excluding hydrogens is 246 g/mol. The molecule has 0 aliphatic rings. The minimum atomic E-state index is -3.17. The van der Waals surface area contributed by atoms with E-state index in [4.69, 9.17) is 11.6 Å². The van der Waals surface area contributed by atoms with Crippen LogP contribution in [0, 0.1) is 0 Å². The van der Waals surface area contributed by atoms with Crippen LogP contribution >= 0.6 is 11.6 Å². The highest BCUT2D eigenvalue weighted by Crippen LogP contribution is 2.05. The zero-order chi connectivity index (χ0) is 12.0. The van der Waals surface area contributed by atoms with Gasteiger partial charge in [0.25, 0.3) is 0 Å². The molecule has 90 valence electrons. The van der Waals surface area contributed by atoms with Crippen LogP contribution in [0.3, 0.4) is 0 Å². The molecule has 1 rings (SSSR count). The molecule has 0 fully saturated rings. The van der Waals surface area contributed by atoms with E-state index in [1.807, 2.05) is 30.3 Å². The summed E-state index contributed by atoms with van der Waals surface area (Å²) in [6.45, 7) is 0.360. The van der Waals surface area contributed by atoms with Crippen molar-refractivity contribution < 1.29 is 8.42 Å². The van der Waals surface area contributed by atoms with E-state index >= 15 is 0 Å². The summed E-state index contributed by atoms with van der Waals surface area (Å²) in [6.07, 6.45) is 0.537. The maximum atomic E-state index is 11.8. The van der Waals surface area contributed by atoms with Crippen molar-refractivity contribution in [1.82, 2.24) is 4.31 Å². The minimum Gasteiger partial charge on any atom is -0.212 e. The summed E-state index contributed by atoms with van der Waals surface area (Å²) in [5.74, 6) is 0.450. The lowest BCUT2D eigenvalue weighted by Crippen LogP contribution is -2.31. The Balaban J connectivity index is 2.55. The van der Waals surface area contributed by atoms with Crippen LogP contribution in [0.4, 0.5) is 0 Å². The number of aryl methyl sites for hydroxylation is 1. The average molecular weight is 262 g/mol. The molecule has 0 N–H and O–H groups in total. The van der Waals surface area contributed by atoms with Crippen molar-refractivity contribution in [3.63, 3.8) is 0 Å². The first kappa shape index (κ1) is 13.5. The third-order valence-electron chi connectivity index (χ3n) is 2.37. The molecule has 3 nitrogen and oxygen atoms in total. The van der Waals surface area contributed by atoms with Gasteiger partial charge in [-0.15, -0.1) is 11.6 Å². The second-order valence-corrected chi connectivity index (χ2v) is 6.14. The number of alkyl halides is 1. The number of halogens is 1. The van der Waals surface area contributed by atoms with E-state index in [0.717, 1.165) is 5.56 Å². The average Bonchev–Trinajstić information content (AvgIpc) is 2.28. The van der Waals surface area contributed by atoms with Crippen molar-refractivity contribution in [2.45, 2.75) is 6.42 Å². The third-order valence-corrected chi connectivity index (χ3v) is 4.39. The van der Waals surface area contributed by atoms with E-state index < -0.39 is 10.0 Å². The van der Waals surface area contributed by atoms with Crippen LogP contribution in [-0.4, -0.2) is 37.9 Å². The Bertz CT molecular complexity index is 405. The van der Waals surface area contributed by atoms with Crippen LogP contribution in [0.1, 0.15) is 5.56 Å². The summed E-state index contributed by atoms with van der Waals surface area (Å²) in [4.78, 5) is 0. The monoisotopic (exact) mass is 261 g/mol. The lowest BCUT2D eigenvalue weighted by molar-refractivity contribution is 0.487. The van der Waals surface area contributed by atoms with Gasteiger partial charge in [-0.2, -0.15) is 0 Å². The van der Waals surface area contributed by atoms with Gasteiger partial charge >= 0.3 is 0 Å². The van der Waals surface area contributed by atoms with Crippen molar-refractivity contribution >= 4 is 21.6 Å². The standard InChI is InChI=1S/C11H16ClNO2S/c1-13(9-8-12)16(14,15)10-7-11-5-3-2-4-6-11/h2-6H,7-10H2,1H3. The molecule has 0 unspecified atom stereocenters. The van der Waals surface area contributed by atoms with Gasteiger partial charge in [-0.05, 0) is 12.0 Å². The van der Waals surface area contributed by atoms with Crippen molar-refractivity contribution in [3.05, 3.63) is 35.9 Å². The minimum absolute atomic E-state index is 0.129. The summed E-state index contributed by atoms with van der Waals surface area (Å²) in [5.41, 5.74) is 1.03. The summed E-state index contributed by atoms with van der Waals surface area (Å²) < 4.78 is 24.8. The van der Waals surface area contributed by atoms with Crippen LogP contribution in [0.2, 0.25) is 0 Å². The van der Waals surface area contributed by atoms with E-state index in [9.17, 15) is 8.42 Å². The SMILES string of the molecule is CN(CCCl)S(=O)(=O)CCc1ccccc1. The van der Waals surface area contributed by atoms with E-state index in [2.05, 4.69) is 0 Å². The number of sulfonamides is 1. The second kappa shape index (κ2) is 6.23. The van der Waals surface area contributed by atoms with Crippen molar-refractivity contribution in [1.29, 1.82) is 0 Å². The van der Waals surface area contributed by atoms with E-state index in [1.54, 1.807) is 7.05 Å². The molecule has 0 atom stereocenters. The zero-order valence-corrected chi connectivity index (χ0v) is 10.8. The Hall–Kier alpha value is -0.580. The Morgan fingerprint density at radius 1 is 1.25 bits per heavy atom. The molecule has 0 aliphatic carbocycles. The predicted octanol–water partition coefficient (Wildman–Crippen LogP) is 1.73. The molecule has 16 heavy (non-hydrogen) atoms. The van der Waals surface area contributed by atoms with Crippen molar-refractivity contribution in [3.8, 4) is 0 Å². The molecule has 5 heteroatoms. The fourth-order valence-corrected chi connectivity index (χ4v) is 2.83. The fraction of sp³-hybridized carbons (Fsp3) is 0.455. The van der Waals surface area contributed by atoms with Crippen LogP contribution in [-0.2, 0) is 16.4 Å². The first-order chi connectivity index (χ1) is 7.56. The maximum Gasteiger partial charge on any atom is 0.214 e. The highest BCUT2D eigenvalue weighted by Gasteiger charge is 2.16. The summed E-state index contributed by atoms with van der Waals surface area (Å²) in [6, 6.07) is 9.58. The van der Waals surface area contributed by atoms with Crippen LogP contribution in [0.15, 0.2) is 30.3 Å². The molecule has 0 bridgehead atoms. The van der Waals surface area contributed by atoms with E-state index in [1.165, 1.54) is 4.31 Å². The number of nitrogens with zero attached hydrogens (tertiary/aromatic N) is 1. The molecule has 0 aliphatic heterocycles. The van der Waals surface area contributed by atoms with Gasteiger partial charge in [0.05, 0.1) is 5.75 Å². The molecule has 0 radical (unpaired) electrons. The van der Waals surface area contributed by atoms with Gasteiger partial charge in [0, 0.05) is 19.5 Å². The van der Waals surface area contributed by atoms with Crippen LogP contribution < -0.4 is 0 Å². The summed E-state index contributed by atoms with van der Waals surface area (Å²) in [7, 11) is -1.61. The number of hydrogen-bond acceptors (Lipinski definition) is 2. The molecule has 0 saturated carbocycles. The van der Waals surface area contributed by atoms with Gasteiger partial charge in [-0.1, -0.05) is 30.3 Å². The van der Waals surface area contributed by atoms with Crippen LogP contribution in [0.25, 0.3) is 0 Å². The second-order valence-electron chi connectivity index (χ2n) is 3.56. The molecular formula is C11H16ClNO2S. The lowest BCUT2D eigenvalue weighted by Gasteiger charge is -2.15. The van der Waals surface area contributed by atoms with Gasteiger partial charge in [-0.25, -0.2) is 12.7 Å². The Labute approximate surface area is 102 Å². The van der Waals surface area contributed by atoms with Crippen molar-refractivity contribution in [2.24, 2.45) is 0 Å². The van der Waals surface area contributed by atoms with Gasteiger partial charge < -0.3 is 0 Å². The van der Waals surface area contributed by atoms with Crippen LogP contribution in [0.5, 0.6) is 0 Å². The summed E-state index contributed by atoms with van der Waals surface area (Å²) >= 11 is 5.51. The first-order valence-corrected chi connectivity index (χ1v) is 7.24. The largest absolute Gasteiger partial charge is 0.214 e. The number of rotatable bonds is 6. The van der Waals surface area contributed by atoms with Gasteiger partial charge in [0.1, 0.15) is 0 Å². The number of benzene rings is 1. The Morgan fingerprint density at radius 3 is 2.44 bits per heavy atom. The summed E-state index contributed by atoms with van der Waals surface area (Å²) in [5, 5.41) is 0. The molecule has 1 aromatic rings. The molecule has 1 aromatic carbocycles. The molecule has 0 spiro atoms. The number of hydrogen-bond donors (Lipinski definition) is 0. The molecule has 0 heterocycles. The molecule has 0 amide bonds. The smallest absolute Gasteiger partial charge is 0.212 e. The highest BCUT2D eigenvalue weighted by molar-refractivity contribution is 7.89. The van der Waals surface area contributed by atoms with Crippen molar-refractivity contribution in [2.75, 3.05) is 25.2 Å². The zero-order valence-electron chi connectivity index (χ0n) is 9.27. The fourth-order valence-electron chi connectivity index (χ4n) is 1.31. The van der Waals surface area contributed by atoms with E-state index in [0.29, 0.717) is 18.8 Å². The predicted molar refractivity (Wildman–Crippen MR) is 67.3 cm³/mol. The van der Waals surface area contributed by atoms with Gasteiger partial charge in [0.15, 0.2) is 0 Å². The molecule has 0 aromatic heterocycles. The third kappa shape index (κ3) is 4.12. The normalized spacial score (nSPS) is 11.9. The quantitative estimate of drug-likeness (QED) is 0.732. The topological polar surface area (TPSA) is 37.4 Å². The highest BCUT2D eigenvalue weighted by atomic mass is 35.5. The Morgan fingerprint density at radius 2 is 1.88 bits per heavy atom. The van der Waals surface area contributed by atoms with E-state index in [-0.39, 0.29) is 5.75 Å². The first-order valence-electron chi connectivity index (χ1n) is 5.10. The van der Waals surface area contributed by atoms with Gasteiger partial charge in [-0.3, -0.25) is 0 Å².